The summed E-state index contributed by atoms with van der Waals surface area (Å²) in [6, 6.07) is 6.92. The first-order valence-electron chi connectivity index (χ1n) is 5.37. The predicted octanol–water partition coefficient (Wildman–Crippen LogP) is 3.72. The molecule has 0 unspecified atom stereocenters. The lowest BCUT2D eigenvalue weighted by Crippen LogP contribution is -2.01. The highest BCUT2D eigenvalue weighted by Crippen LogP contribution is 2.15. The molecule has 0 N–H and O–H groups in total. The van der Waals surface area contributed by atoms with E-state index in [2.05, 4.69) is 15.0 Å². The van der Waals surface area contributed by atoms with Gasteiger partial charge in [-0.25, -0.2) is 14.2 Å². The molecule has 0 atom stereocenters. The molecule has 0 bridgehead atoms. The second-order valence-electron chi connectivity index (χ2n) is 3.66. The maximum Gasteiger partial charge on any atom is 0.367 e. The maximum absolute atomic E-state index is 12.9. The molecule has 0 aliphatic heterocycles. The molecule has 0 radical (unpaired) electrons. The zero-order chi connectivity index (χ0) is 14.5. The fourth-order valence-corrected chi connectivity index (χ4v) is 1.58. The van der Waals surface area contributed by atoms with Gasteiger partial charge >= 0.3 is 5.97 Å². The maximum atomic E-state index is 12.9. The van der Waals surface area contributed by atoms with Gasteiger partial charge < -0.3 is 4.84 Å². The first kappa shape index (κ1) is 14.4. The fraction of sp³-hybridized carbons (Fsp3) is 0. The van der Waals surface area contributed by atoms with Gasteiger partial charge in [-0.3, -0.25) is 0 Å². The van der Waals surface area contributed by atoms with Crippen LogP contribution in [0.1, 0.15) is 15.9 Å². The lowest BCUT2D eigenvalue weighted by atomic mass is 10.2. The van der Waals surface area contributed by atoms with Crippen LogP contribution in [0.25, 0.3) is 0 Å². The molecule has 0 saturated heterocycles. The number of aromatic nitrogens is 1. The van der Waals surface area contributed by atoms with Crippen molar-refractivity contribution in [3.63, 3.8) is 0 Å². The summed E-state index contributed by atoms with van der Waals surface area (Å²) in [6.07, 6.45) is 2.52. The third kappa shape index (κ3) is 3.76. The van der Waals surface area contributed by atoms with Crippen molar-refractivity contribution >= 4 is 35.4 Å². The molecular weight excluding hydrogens is 306 g/mol. The van der Waals surface area contributed by atoms with E-state index in [9.17, 15) is 9.18 Å². The Bertz CT molecular complexity index is 660. The van der Waals surface area contributed by atoms with E-state index in [1.54, 1.807) is 0 Å². The van der Waals surface area contributed by atoms with Gasteiger partial charge in [0, 0.05) is 6.20 Å². The SMILES string of the molecule is O=C(O/N=C/c1ccc(F)c(Cl)c1)c1ccc(Cl)nc1. The van der Waals surface area contributed by atoms with Crippen LogP contribution in [-0.4, -0.2) is 17.2 Å². The molecule has 7 heteroatoms. The zero-order valence-electron chi connectivity index (χ0n) is 9.89. The molecule has 0 spiro atoms. The smallest absolute Gasteiger partial charge is 0.313 e. The Hall–Kier alpha value is -1.98. The second-order valence-corrected chi connectivity index (χ2v) is 4.45. The summed E-state index contributed by atoms with van der Waals surface area (Å²) in [4.78, 5) is 20.0. The van der Waals surface area contributed by atoms with E-state index in [4.69, 9.17) is 23.2 Å². The Morgan fingerprint density at radius 1 is 1.30 bits per heavy atom. The Balaban J connectivity index is 2.00. The summed E-state index contributed by atoms with van der Waals surface area (Å²) in [7, 11) is 0. The average molecular weight is 313 g/mol. The van der Waals surface area contributed by atoms with Gasteiger partial charge in [-0.05, 0) is 29.8 Å². The lowest BCUT2D eigenvalue weighted by molar-refractivity contribution is 0.0518. The number of hydrogen-bond donors (Lipinski definition) is 0. The van der Waals surface area contributed by atoms with Crippen molar-refractivity contribution < 1.29 is 14.0 Å². The van der Waals surface area contributed by atoms with Crippen molar-refractivity contribution in [1.29, 1.82) is 0 Å². The van der Waals surface area contributed by atoms with E-state index in [0.717, 1.165) is 0 Å². The van der Waals surface area contributed by atoms with Crippen LogP contribution in [0.5, 0.6) is 0 Å². The molecular formula is C13H7Cl2FN2O2. The Kier molecular flexibility index (Phi) is 4.65. The van der Waals surface area contributed by atoms with Gasteiger partial charge in [0.1, 0.15) is 11.0 Å². The Morgan fingerprint density at radius 3 is 2.75 bits per heavy atom. The number of carbonyl (C=O) groups is 1. The van der Waals surface area contributed by atoms with E-state index >= 15 is 0 Å². The number of hydrogen-bond acceptors (Lipinski definition) is 4. The largest absolute Gasteiger partial charge is 0.367 e. The van der Waals surface area contributed by atoms with Gasteiger partial charge in [0.15, 0.2) is 0 Å². The summed E-state index contributed by atoms with van der Waals surface area (Å²) < 4.78 is 12.9. The van der Waals surface area contributed by atoms with Gasteiger partial charge in [0.2, 0.25) is 0 Å². The third-order valence-corrected chi connectivity index (χ3v) is 2.76. The molecule has 0 aliphatic rings. The van der Waals surface area contributed by atoms with Crippen molar-refractivity contribution in [2.75, 3.05) is 0 Å². The lowest BCUT2D eigenvalue weighted by Gasteiger charge is -1.98. The number of oxime groups is 1. The Morgan fingerprint density at radius 2 is 2.10 bits per heavy atom. The summed E-state index contributed by atoms with van der Waals surface area (Å²) in [5, 5.41) is 3.72. The van der Waals surface area contributed by atoms with Crippen LogP contribution in [-0.2, 0) is 4.84 Å². The number of carbonyl (C=O) groups excluding carboxylic acids is 1. The van der Waals surface area contributed by atoms with E-state index in [1.165, 1.54) is 42.7 Å². The van der Waals surface area contributed by atoms with Gasteiger partial charge in [-0.1, -0.05) is 34.4 Å². The minimum Gasteiger partial charge on any atom is -0.313 e. The molecule has 0 fully saturated rings. The monoisotopic (exact) mass is 312 g/mol. The first-order valence-corrected chi connectivity index (χ1v) is 6.13. The molecule has 1 aromatic carbocycles. The van der Waals surface area contributed by atoms with Crippen molar-refractivity contribution in [3.05, 3.63) is 63.6 Å². The van der Waals surface area contributed by atoms with E-state index in [0.29, 0.717) is 5.56 Å². The number of benzene rings is 1. The minimum absolute atomic E-state index is 0.0397. The van der Waals surface area contributed by atoms with E-state index in [-0.39, 0.29) is 15.7 Å². The zero-order valence-corrected chi connectivity index (χ0v) is 11.4. The van der Waals surface area contributed by atoms with Crippen LogP contribution in [0.3, 0.4) is 0 Å². The van der Waals surface area contributed by atoms with E-state index in [1.807, 2.05) is 0 Å². The van der Waals surface area contributed by atoms with Gasteiger partial charge in [-0.15, -0.1) is 0 Å². The summed E-state index contributed by atoms with van der Waals surface area (Å²) >= 11 is 11.2. The third-order valence-electron chi connectivity index (χ3n) is 2.24. The molecule has 20 heavy (non-hydrogen) atoms. The fourth-order valence-electron chi connectivity index (χ4n) is 1.28. The van der Waals surface area contributed by atoms with Crippen molar-refractivity contribution in [2.45, 2.75) is 0 Å². The standard InChI is InChI=1S/C13H7Cl2FN2O2/c14-10-5-8(1-3-11(10)16)6-18-20-13(19)9-2-4-12(15)17-7-9/h1-7H/b18-6+. The highest BCUT2D eigenvalue weighted by molar-refractivity contribution is 6.31. The number of pyridine rings is 1. The molecule has 0 aliphatic carbocycles. The second kappa shape index (κ2) is 6.45. The molecule has 1 aromatic heterocycles. The average Bonchev–Trinajstić information content (AvgIpc) is 2.43. The predicted molar refractivity (Wildman–Crippen MR) is 73.7 cm³/mol. The van der Waals surface area contributed by atoms with Crippen molar-refractivity contribution in [1.82, 2.24) is 4.98 Å². The topological polar surface area (TPSA) is 51.5 Å². The van der Waals surface area contributed by atoms with Crippen molar-refractivity contribution in [3.8, 4) is 0 Å². The van der Waals surface area contributed by atoms with Crippen LogP contribution in [0.2, 0.25) is 10.2 Å². The van der Waals surface area contributed by atoms with Gasteiger partial charge in [-0.2, -0.15) is 0 Å². The summed E-state index contributed by atoms with van der Waals surface area (Å²) in [6.45, 7) is 0. The molecule has 1 heterocycles. The van der Waals surface area contributed by atoms with E-state index < -0.39 is 11.8 Å². The normalized spacial score (nSPS) is 10.8. The number of nitrogens with zero attached hydrogens (tertiary/aromatic N) is 2. The molecule has 2 aromatic rings. The molecule has 4 nitrogen and oxygen atoms in total. The van der Waals surface area contributed by atoms with Gasteiger partial charge in [0.05, 0.1) is 16.8 Å². The van der Waals surface area contributed by atoms with Crippen LogP contribution in [0, 0.1) is 5.82 Å². The van der Waals surface area contributed by atoms with Crippen LogP contribution in [0.15, 0.2) is 41.7 Å². The summed E-state index contributed by atoms with van der Waals surface area (Å²) in [5.74, 6) is -1.22. The van der Waals surface area contributed by atoms with Gasteiger partial charge in [0.25, 0.3) is 0 Å². The minimum atomic E-state index is -0.682. The van der Waals surface area contributed by atoms with Crippen LogP contribution in [0.4, 0.5) is 4.39 Å². The molecule has 0 amide bonds. The number of halogens is 3. The number of rotatable bonds is 3. The molecule has 2 rings (SSSR count). The highest BCUT2D eigenvalue weighted by atomic mass is 35.5. The van der Waals surface area contributed by atoms with Crippen LogP contribution >= 0.6 is 23.2 Å². The van der Waals surface area contributed by atoms with Crippen LogP contribution < -0.4 is 0 Å². The Labute approximate surface area is 123 Å². The highest BCUT2D eigenvalue weighted by Gasteiger charge is 2.07. The molecule has 102 valence electrons. The molecule has 0 saturated carbocycles. The first-order chi connectivity index (χ1) is 9.56. The quantitative estimate of drug-likeness (QED) is 0.375. The van der Waals surface area contributed by atoms with Crippen molar-refractivity contribution in [2.24, 2.45) is 5.16 Å². The summed E-state index contributed by atoms with van der Waals surface area (Å²) in [5.41, 5.74) is 0.710.